The molecule has 1 aromatic carbocycles. The molecule has 2 bridgehead atoms. The average molecular weight is 496 g/mol. The Kier molecular flexibility index (Phi) is 6.24. The lowest BCUT2D eigenvalue weighted by Gasteiger charge is -2.65. The SMILES string of the molecule is CC(=O)OC[C@@]1(C)[C@H]2CC[C@@]34CC(=O)[C@@](C)(CC[C@H]3[C@]2(C)CC[C@H]1NC(=O)OCc1ccccc1)C4. The minimum atomic E-state index is -0.427. The van der Waals surface area contributed by atoms with Crippen LogP contribution in [0.4, 0.5) is 4.79 Å². The summed E-state index contributed by atoms with van der Waals surface area (Å²) in [6.45, 7) is 8.74. The van der Waals surface area contributed by atoms with Crippen molar-refractivity contribution in [2.45, 2.75) is 91.7 Å². The largest absolute Gasteiger partial charge is 0.465 e. The molecule has 0 unspecified atom stereocenters. The topological polar surface area (TPSA) is 81.7 Å². The maximum absolute atomic E-state index is 13.0. The van der Waals surface area contributed by atoms with Crippen molar-refractivity contribution in [3.8, 4) is 0 Å². The lowest BCUT2D eigenvalue weighted by atomic mass is 9.40. The number of benzene rings is 1. The molecular weight excluding hydrogens is 454 g/mol. The van der Waals surface area contributed by atoms with Gasteiger partial charge in [-0.1, -0.05) is 51.1 Å². The zero-order valence-electron chi connectivity index (χ0n) is 22.2. The summed E-state index contributed by atoms with van der Waals surface area (Å²) in [5, 5.41) is 3.16. The molecule has 1 spiro atoms. The first kappa shape index (κ1) is 25.3. The molecule has 0 radical (unpaired) electrons. The maximum atomic E-state index is 13.0. The molecule has 4 aliphatic carbocycles. The second-order valence-electron chi connectivity index (χ2n) is 13.0. The molecule has 7 atom stereocenters. The van der Waals surface area contributed by atoms with Gasteiger partial charge in [0, 0.05) is 30.2 Å². The van der Waals surface area contributed by atoms with Crippen molar-refractivity contribution in [1.82, 2.24) is 5.32 Å². The van der Waals surface area contributed by atoms with E-state index in [0.717, 1.165) is 56.9 Å². The van der Waals surface area contributed by atoms with Gasteiger partial charge in [0.05, 0.1) is 6.61 Å². The summed E-state index contributed by atoms with van der Waals surface area (Å²) in [6, 6.07) is 9.51. The first-order chi connectivity index (χ1) is 17.0. The molecule has 1 aromatic rings. The number of carbonyl (C=O) groups excluding carboxylic acids is 3. The predicted molar refractivity (Wildman–Crippen MR) is 136 cm³/mol. The summed E-state index contributed by atoms with van der Waals surface area (Å²) in [5.41, 5.74) is 0.564. The van der Waals surface area contributed by atoms with Gasteiger partial charge in [0.1, 0.15) is 12.4 Å². The molecule has 4 saturated carbocycles. The van der Waals surface area contributed by atoms with Crippen molar-refractivity contribution in [2.24, 2.45) is 33.5 Å². The van der Waals surface area contributed by atoms with Crippen molar-refractivity contribution in [3.63, 3.8) is 0 Å². The van der Waals surface area contributed by atoms with Crippen LogP contribution < -0.4 is 5.32 Å². The summed E-state index contributed by atoms with van der Waals surface area (Å²) in [7, 11) is 0. The Morgan fingerprint density at radius 2 is 1.69 bits per heavy atom. The Morgan fingerprint density at radius 1 is 0.972 bits per heavy atom. The first-order valence-corrected chi connectivity index (χ1v) is 13.6. The van der Waals surface area contributed by atoms with Gasteiger partial charge in [0.15, 0.2) is 0 Å². The average Bonchev–Trinajstić information content (AvgIpc) is 3.02. The zero-order valence-corrected chi connectivity index (χ0v) is 22.2. The van der Waals surface area contributed by atoms with E-state index in [2.05, 4.69) is 26.1 Å². The minimum Gasteiger partial charge on any atom is -0.465 e. The third kappa shape index (κ3) is 4.05. The van der Waals surface area contributed by atoms with E-state index in [1.807, 2.05) is 30.3 Å². The number of nitrogens with one attached hydrogen (secondary N) is 1. The number of ether oxygens (including phenoxy) is 2. The van der Waals surface area contributed by atoms with Crippen molar-refractivity contribution in [1.29, 1.82) is 0 Å². The van der Waals surface area contributed by atoms with Crippen LogP contribution in [0.15, 0.2) is 30.3 Å². The van der Waals surface area contributed by atoms with E-state index in [4.69, 9.17) is 9.47 Å². The fraction of sp³-hybridized carbons (Fsp3) is 0.700. The number of alkyl carbamates (subject to hydrolysis) is 1. The number of fused-ring (bicyclic) bond motifs is 3. The fourth-order valence-corrected chi connectivity index (χ4v) is 9.16. The van der Waals surface area contributed by atoms with E-state index < -0.39 is 11.5 Å². The summed E-state index contributed by atoms with van der Waals surface area (Å²) >= 11 is 0. The summed E-state index contributed by atoms with van der Waals surface area (Å²) in [4.78, 5) is 37.8. The molecule has 1 amide bonds. The molecule has 36 heavy (non-hydrogen) atoms. The van der Waals surface area contributed by atoms with E-state index >= 15 is 0 Å². The third-order valence-corrected chi connectivity index (χ3v) is 10.8. The number of ketones is 1. The third-order valence-electron chi connectivity index (χ3n) is 10.8. The predicted octanol–water partition coefficient (Wildman–Crippen LogP) is 5.83. The van der Waals surface area contributed by atoms with Crippen LogP contribution in [0.1, 0.15) is 84.6 Å². The molecular formula is C30H41NO5. The molecule has 4 aliphatic rings. The van der Waals surface area contributed by atoms with Crippen LogP contribution in [-0.4, -0.2) is 30.5 Å². The smallest absolute Gasteiger partial charge is 0.407 e. The van der Waals surface area contributed by atoms with Crippen LogP contribution >= 0.6 is 0 Å². The molecule has 6 heteroatoms. The highest BCUT2D eigenvalue weighted by atomic mass is 16.5. The van der Waals surface area contributed by atoms with Gasteiger partial charge in [0.25, 0.3) is 0 Å². The van der Waals surface area contributed by atoms with Gasteiger partial charge in [-0.3, -0.25) is 9.59 Å². The van der Waals surface area contributed by atoms with Crippen LogP contribution in [0.5, 0.6) is 0 Å². The maximum Gasteiger partial charge on any atom is 0.407 e. The second-order valence-corrected chi connectivity index (χ2v) is 13.0. The van der Waals surface area contributed by atoms with Gasteiger partial charge in [-0.05, 0) is 73.2 Å². The molecule has 0 saturated heterocycles. The first-order valence-electron chi connectivity index (χ1n) is 13.6. The number of Topliss-reactive ketones (excluding diaryl/α,β-unsaturated/α-hetero) is 1. The van der Waals surface area contributed by atoms with Crippen LogP contribution in [0.2, 0.25) is 0 Å². The van der Waals surface area contributed by atoms with Gasteiger partial charge >= 0.3 is 12.1 Å². The fourth-order valence-electron chi connectivity index (χ4n) is 9.16. The molecule has 0 heterocycles. The summed E-state index contributed by atoms with van der Waals surface area (Å²) < 4.78 is 11.2. The van der Waals surface area contributed by atoms with Gasteiger partial charge in [-0.2, -0.15) is 0 Å². The number of amides is 1. The van der Waals surface area contributed by atoms with E-state index in [1.165, 1.54) is 6.92 Å². The van der Waals surface area contributed by atoms with Crippen LogP contribution in [0.3, 0.4) is 0 Å². The normalized spacial score (nSPS) is 41.1. The van der Waals surface area contributed by atoms with E-state index in [-0.39, 0.29) is 47.4 Å². The van der Waals surface area contributed by atoms with Crippen LogP contribution in [-0.2, 0) is 25.7 Å². The Bertz CT molecular complexity index is 1040. The highest BCUT2D eigenvalue weighted by Crippen LogP contribution is 2.72. The lowest BCUT2D eigenvalue weighted by Crippen LogP contribution is -2.64. The standard InChI is InChI=1S/C30H41NO5/c1-20(32)36-19-29(4)22-11-15-30-16-25(33)27(2,18-30)13-10-23(30)28(22,3)14-12-24(29)31-26(34)35-17-21-8-6-5-7-9-21/h5-9,22-24H,10-19H2,1-4H3,(H,31,34)/t22-,23-,24+,27-,28+,29-,30-/m0/s1. The van der Waals surface area contributed by atoms with Gasteiger partial charge in [-0.25, -0.2) is 4.79 Å². The number of hydrogen-bond donors (Lipinski definition) is 1. The van der Waals surface area contributed by atoms with Crippen molar-refractivity contribution >= 4 is 17.8 Å². The van der Waals surface area contributed by atoms with E-state index in [0.29, 0.717) is 11.7 Å². The van der Waals surface area contributed by atoms with Crippen molar-refractivity contribution in [2.75, 3.05) is 6.61 Å². The molecule has 196 valence electrons. The molecule has 1 N–H and O–H groups in total. The van der Waals surface area contributed by atoms with Crippen LogP contribution in [0, 0.1) is 33.5 Å². The summed E-state index contributed by atoms with van der Waals surface area (Å²) in [5.74, 6) is 0.946. The Labute approximate surface area is 214 Å². The Morgan fingerprint density at radius 3 is 2.42 bits per heavy atom. The monoisotopic (exact) mass is 495 g/mol. The number of hydrogen-bond acceptors (Lipinski definition) is 5. The highest BCUT2D eigenvalue weighted by molar-refractivity contribution is 5.88. The molecule has 5 rings (SSSR count). The summed E-state index contributed by atoms with van der Waals surface area (Å²) in [6.07, 6.45) is 7.24. The van der Waals surface area contributed by atoms with Crippen molar-refractivity contribution < 1.29 is 23.9 Å². The Balaban J connectivity index is 1.37. The number of carbonyl (C=O) groups is 3. The van der Waals surface area contributed by atoms with Gasteiger partial charge in [0.2, 0.25) is 0 Å². The van der Waals surface area contributed by atoms with E-state index in [9.17, 15) is 14.4 Å². The quantitative estimate of drug-likeness (QED) is 0.520. The Hall–Kier alpha value is -2.37. The molecule has 6 nitrogen and oxygen atoms in total. The lowest BCUT2D eigenvalue weighted by molar-refractivity contribution is -0.182. The number of rotatable bonds is 5. The van der Waals surface area contributed by atoms with Gasteiger partial charge < -0.3 is 14.8 Å². The highest BCUT2D eigenvalue weighted by Gasteiger charge is 2.68. The van der Waals surface area contributed by atoms with Gasteiger partial charge in [-0.15, -0.1) is 0 Å². The van der Waals surface area contributed by atoms with Crippen LogP contribution in [0.25, 0.3) is 0 Å². The minimum absolute atomic E-state index is 0.0468. The molecule has 0 aliphatic heterocycles. The number of esters is 1. The van der Waals surface area contributed by atoms with E-state index in [1.54, 1.807) is 0 Å². The zero-order chi connectivity index (χ0) is 25.8. The molecule has 0 aromatic heterocycles. The second kappa shape index (κ2) is 8.88. The van der Waals surface area contributed by atoms with Crippen molar-refractivity contribution in [3.05, 3.63) is 35.9 Å². The molecule has 4 fully saturated rings.